The van der Waals surface area contributed by atoms with Crippen molar-refractivity contribution in [3.05, 3.63) is 29.8 Å². The summed E-state index contributed by atoms with van der Waals surface area (Å²) in [5.41, 5.74) is 1.04. The Morgan fingerprint density at radius 1 is 1.24 bits per heavy atom. The number of benzene rings is 1. The molecule has 0 aliphatic carbocycles. The van der Waals surface area contributed by atoms with Crippen molar-refractivity contribution in [2.24, 2.45) is 0 Å². The van der Waals surface area contributed by atoms with E-state index in [9.17, 15) is 9.90 Å². The fraction of sp³-hybridized carbons (Fsp3) is 0.500. The summed E-state index contributed by atoms with van der Waals surface area (Å²) in [5, 5.41) is 9.28. The van der Waals surface area contributed by atoms with Crippen LogP contribution < -0.4 is 0 Å². The number of ketones is 1. The number of hydrogen-bond donors (Lipinski definition) is 1. The average molecular weight is 231 g/mol. The second-order valence-corrected chi connectivity index (χ2v) is 5.11. The lowest BCUT2D eigenvalue weighted by molar-refractivity contribution is -0.124. The molecular formula is C14H17NO2. The van der Waals surface area contributed by atoms with Crippen LogP contribution in [0.5, 0.6) is 5.75 Å². The van der Waals surface area contributed by atoms with E-state index in [2.05, 4.69) is 4.90 Å². The van der Waals surface area contributed by atoms with Gasteiger partial charge in [0.15, 0.2) is 0 Å². The van der Waals surface area contributed by atoms with Gasteiger partial charge < -0.3 is 5.11 Å². The van der Waals surface area contributed by atoms with Gasteiger partial charge in [-0.1, -0.05) is 12.1 Å². The number of phenolic OH excluding ortho intramolecular Hbond substituents is 1. The summed E-state index contributed by atoms with van der Waals surface area (Å²) in [5.74, 6) is 0.625. The van der Waals surface area contributed by atoms with Gasteiger partial charge in [0.05, 0.1) is 5.92 Å². The molecule has 2 atom stereocenters. The van der Waals surface area contributed by atoms with Crippen molar-refractivity contribution in [3.63, 3.8) is 0 Å². The number of rotatable bonds is 1. The molecule has 0 unspecified atom stereocenters. The zero-order valence-electron chi connectivity index (χ0n) is 9.80. The van der Waals surface area contributed by atoms with Crippen molar-refractivity contribution in [1.82, 2.24) is 4.90 Å². The standard InChI is InChI=1S/C14H17NO2/c16-12-5-3-10(4-6-12)13-9-15-7-1-2-11(15)8-14(13)17/h3-6,11,13,16H,1-2,7-9H2/t11-,13-/m1/s1. The van der Waals surface area contributed by atoms with E-state index in [4.69, 9.17) is 0 Å². The van der Waals surface area contributed by atoms with Crippen LogP contribution >= 0.6 is 0 Å². The van der Waals surface area contributed by atoms with Gasteiger partial charge in [-0.2, -0.15) is 0 Å². The quantitative estimate of drug-likeness (QED) is 0.802. The molecular weight excluding hydrogens is 214 g/mol. The molecule has 17 heavy (non-hydrogen) atoms. The maximum atomic E-state index is 12.1. The first-order valence-corrected chi connectivity index (χ1v) is 6.30. The van der Waals surface area contributed by atoms with Crippen molar-refractivity contribution < 1.29 is 9.90 Å². The van der Waals surface area contributed by atoms with Crippen molar-refractivity contribution in [3.8, 4) is 5.75 Å². The molecule has 2 heterocycles. The van der Waals surface area contributed by atoms with Crippen molar-refractivity contribution >= 4 is 5.78 Å². The van der Waals surface area contributed by atoms with E-state index in [-0.39, 0.29) is 11.7 Å². The minimum absolute atomic E-state index is 0.00458. The molecule has 0 amide bonds. The molecule has 3 heteroatoms. The monoisotopic (exact) mass is 231 g/mol. The Labute approximate surface area is 101 Å². The Kier molecular flexibility index (Phi) is 2.63. The van der Waals surface area contributed by atoms with Crippen LogP contribution in [-0.2, 0) is 4.79 Å². The number of fused-ring (bicyclic) bond motifs is 1. The smallest absolute Gasteiger partial charge is 0.143 e. The average Bonchev–Trinajstić information content (AvgIpc) is 2.76. The molecule has 2 fully saturated rings. The van der Waals surface area contributed by atoms with Crippen LogP contribution in [0.1, 0.15) is 30.7 Å². The van der Waals surface area contributed by atoms with Gasteiger partial charge in [0, 0.05) is 19.0 Å². The number of piperidine rings is 1. The minimum Gasteiger partial charge on any atom is -0.508 e. The molecule has 90 valence electrons. The first-order chi connectivity index (χ1) is 8.24. The van der Waals surface area contributed by atoms with Crippen LogP contribution in [0.15, 0.2) is 24.3 Å². The van der Waals surface area contributed by atoms with E-state index in [1.54, 1.807) is 12.1 Å². The van der Waals surface area contributed by atoms with E-state index in [1.165, 1.54) is 12.8 Å². The maximum Gasteiger partial charge on any atom is 0.143 e. The van der Waals surface area contributed by atoms with Gasteiger partial charge in [-0.05, 0) is 37.1 Å². The van der Waals surface area contributed by atoms with E-state index < -0.39 is 0 Å². The molecule has 3 rings (SSSR count). The third kappa shape index (κ3) is 1.95. The Bertz CT molecular complexity index is 426. The normalized spacial score (nSPS) is 29.3. The molecule has 2 saturated heterocycles. The zero-order valence-corrected chi connectivity index (χ0v) is 9.80. The predicted octanol–water partition coefficient (Wildman–Crippen LogP) is 1.91. The summed E-state index contributed by atoms with van der Waals surface area (Å²) < 4.78 is 0. The summed E-state index contributed by atoms with van der Waals surface area (Å²) >= 11 is 0. The van der Waals surface area contributed by atoms with E-state index in [0.29, 0.717) is 18.2 Å². The van der Waals surface area contributed by atoms with E-state index >= 15 is 0 Å². The summed E-state index contributed by atoms with van der Waals surface area (Å²) in [6.07, 6.45) is 3.10. The largest absolute Gasteiger partial charge is 0.508 e. The van der Waals surface area contributed by atoms with Gasteiger partial charge in [-0.25, -0.2) is 0 Å². The second-order valence-electron chi connectivity index (χ2n) is 5.11. The zero-order chi connectivity index (χ0) is 11.8. The van der Waals surface area contributed by atoms with Gasteiger partial charge in [-0.3, -0.25) is 9.69 Å². The van der Waals surface area contributed by atoms with E-state index in [0.717, 1.165) is 18.7 Å². The maximum absolute atomic E-state index is 12.1. The molecule has 3 nitrogen and oxygen atoms in total. The first-order valence-electron chi connectivity index (χ1n) is 6.30. The van der Waals surface area contributed by atoms with Gasteiger partial charge >= 0.3 is 0 Å². The third-order valence-corrected chi connectivity index (χ3v) is 4.04. The molecule has 0 radical (unpaired) electrons. The molecule has 1 aromatic rings. The van der Waals surface area contributed by atoms with Gasteiger partial charge in [-0.15, -0.1) is 0 Å². The van der Waals surface area contributed by atoms with Crippen LogP contribution in [0.25, 0.3) is 0 Å². The molecule has 1 N–H and O–H groups in total. The molecule has 0 aromatic heterocycles. The first kappa shape index (κ1) is 10.8. The van der Waals surface area contributed by atoms with Crippen LogP contribution in [0.4, 0.5) is 0 Å². The highest BCUT2D eigenvalue weighted by atomic mass is 16.3. The highest BCUT2D eigenvalue weighted by Crippen LogP contribution is 2.32. The molecule has 1 aromatic carbocycles. The lowest BCUT2D eigenvalue weighted by Crippen LogP contribution is -2.42. The Hall–Kier alpha value is -1.35. The van der Waals surface area contributed by atoms with Gasteiger partial charge in [0.25, 0.3) is 0 Å². The second kappa shape index (κ2) is 4.15. The lowest BCUT2D eigenvalue weighted by atomic mass is 9.86. The van der Waals surface area contributed by atoms with Crippen molar-refractivity contribution in [2.75, 3.05) is 13.1 Å². The van der Waals surface area contributed by atoms with Crippen molar-refractivity contribution in [2.45, 2.75) is 31.2 Å². The number of Topliss-reactive ketones (excluding diaryl/α,β-unsaturated/α-hetero) is 1. The van der Waals surface area contributed by atoms with E-state index in [1.807, 2.05) is 12.1 Å². The topological polar surface area (TPSA) is 40.5 Å². The molecule has 2 aliphatic heterocycles. The Balaban J connectivity index is 1.83. The highest BCUT2D eigenvalue weighted by molar-refractivity contribution is 5.87. The molecule has 0 bridgehead atoms. The number of hydrogen-bond acceptors (Lipinski definition) is 3. The number of nitrogens with zero attached hydrogens (tertiary/aromatic N) is 1. The molecule has 0 saturated carbocycles. The van der Waals surface area contributed by atoms with Gasteiger partial charge in [0.2, 0.25) is 0 Å². The molecule has 2 aliphatic rings. The Morgan fingerprint density at radius 2 is 2.00 bits per heavy atom. The number of phenols is 1. The fourth-order valence-corrected chi connectivity index (χ4v) is 3.08. The minimum atomic E-state index is 0.00458. The summed E-state index contributed by atoms with van der Waals surface area (Å²) in [7, 11) is 0. The van der Waals surface area contributed by atoms with Crippen LogP contribution in [-0.4, -0.2) is 34.9 Å². The third-order valence-electron chi connectivity index (χ3n) is 4.04. The number of carbonyl (C=O) groups is 1. The number of aromatic hydroxyl groups is 1. The van der Waals surface area contributed by atoms with Gasteiger partial charge in [0.1, 0.15) is 11.5 Å². The van der Waals surface area contributed by atoms with Crippen LogP contribution in [0, 0.1) is 0 Å². The fourth-order valence-electron chi connectivity index (χ4n) is 3.08. The lowest BCUT2D eigenvalue weighted by Gasteiger charge is -2.34. The van der Waals surface area contributed by atoms with Crippen molar-refractivity contribution in [1.29, 1.82) is 0 Å². The summed E-state index contributed by atoms with van der Waals surface area (Å²) in [6.45, 7) is 1.99. The summed E-state index contributed by atoms with van der Waals surface area (Å²) in [6, 6.07) is 7.57. The number of carbonyl (C=O) groups excluding carboxylic acids is 1. The molecule has 0 spiro atoms. The SMILES string of the molecule is O=C1C[C@H]2CCCN2C[C@@H]1c1ccc(O)cc1. The van der Waals surface area contributed by atoms with Crippen LogP contribution in [0.3, 0.4) is 0 Å². The highest BCUT2D eigenvalue weighted by Gasteiger charge is 2.37. The summed E-state index contributed by atoms with van der Waals surface area (Å²) in [4.78, 5) is 14.6. The van der Waals surface area contributed by atoms with Crippen LogP contribution in [0.2, 0.25) is 0 Å². The predicted molar refractivity (Wildman–Crippen MR) is 65.1 cm³/mol. The Morgan fingerprint density at radius 3 is 2.76 bits per heavy atom.